The van der Waals surface area contributed by atoms with E-state index in [0.29, 0.717) is 0 Å². The number of rotatable bonds is 3. The largest absolute Gasteiger partial charge is 0.373 e. The summed E-state index contributed by atoms with van der Waals surface area (Å²) in [6.45, 7) is 8.88. The van der Waals surface area contributed by atoms with E-state index >= 15 is 0 Å². The van der Waals surface area contributed by atoms with E-state index in [1.807, 2.05) is 19.3 Å². The first-order chi connectivity index (χ1) is 6.27. The lowest BCUT2D eigenvalue weighted by Gasteiger charge is -2.19. The number of likely N-dealkylation sites (tertiary alicyclic amines) is 1. The molecule has 1 aliphatic heterocycles. The van der Waals surface area contributed by atoms with Crippen molar-refractivity contribution in [2.75, 3.05) is 13.1 Å². The highest BCUT2D eigenvalue weighted by Crippen LogP contribution is 2.21. The minimum Gasteiger partial charge on any atom is -0.373 e. The van der Waals surface area contributed by atoms with Gasteiger partial charge in [0.05, 0.1) is 0 Å². The molecule has 1 atom stereocenters. The van der Waals surface area contributed by atoms with Crippen LogP contribution in [-0.4, -0.2) is 24.2 Å². The Morgan fingerprint density at radius 2 is 2.38 bits per heavy atom. The van der Waals surface area contributed by atoms with E-state index in [-0.39, 0.29) is 0 Å². The first-order valence-electron chi connectivity index (χ1n) is 5.19. The van der Waals surface area contributed by atoms with Gasteiger partial charge in [-0.25, -0.2) is 0 Å². The van der Waals surface area contributed by atoms with E-state index in [4.69, 9.17) is 0 Å². The topological polar surface area (TPSA) is 15.6 Å². The molecule has 1 unspecified atom stereocenters. The molecule has 0 aromatic rings. The molecular weight excluding hydrogens is 160 g/mol. The molecule has 1 heterocycles. The maximum atomic E-state index is 4.18. The van der Waals surface area contributed by atoms with Gasteiger partial charge in [-0.3, -0.25) is 4.99 Å². The van der Waals surface area contributed by atoms with Crippen LogP contribution in [0.1, 0.15) is 33.6 Å². The van der Waals surface area contributed by atoms with Gasteiger partial charge in [0.2, 0.25) is 0 Å². The molecule has 2 nitrogen and oxygen atoms in total. The molecule has 1 rings (SSSR count). The fourth-order valence-corrected chi connectivity index (χ4v) is 1.75. The lowest BCUT2D eigenvalue weighted by molar-refractivity contribution is 0.397. The molecular formula is C11H20N2. The molecule has 0 aromatic carbocycles. The fraction of sp³-hybridized carbons (Fsp3) is 0.727. The monoisotopic (exact) mass is 180 g/mol. The summed E-state index contributed by atoms with van der Waals surface area (Å²) in [7, 11) is 0. The highest BCUT2D eigenvalue weighted by molar-refractivity contribution is 5.54. The van der Waals surface area contributed by atoms with Gasteiger partial charge < -0.3 is 4.90 Å². The minimum atomic E-state index is 0.848. The molecule has 1 saturated heterocycles. The molecule has 0 aliphatic carbocycles. The minimum absolute atomic E-state index is 0.848. The predicted octanol–water partition coefficient (Wildman–Crippen LogP) is 2.67. The fourth-order valence-electron chi connectivity index (χ4n) is 1.75. The molecule has 0 N–H and O–H groups in total. The zero-order valence-corrected chi connectivity index (χ0v) is 8.95. The highest BCUT2D eigenvalue weighted by atomic mass is 15.2. The van der Waals surface area contributed by atoms with Crippen LogP contribution in [0.3, 0.4) is 0 Å². The Morgan fingerprint density at radius 3 is 2.85 bits per heavy atom. The van der Waals surface area contributed by atoms with Crippen molar-refractivity contribution < 1.29 is 0 Å². The molecule has 0 bridgehead atoms. The van der Waals surface area contributed by atoms with Crippen molar-refractivity contribution in [1.29, 1.82) is 0 Å². The van der Waals surface area contributed by atoms with E-state index in [1.165, 1.54) is 25.2 Å². The number of nitrogens with zero attached hydrogens (tertiary/aromatic N) is 2. The van der Waals surface area contributed by atoms with Crippen LogP contribution in [0, 0.1) is 5.92 Å². The summed E-state index contributed by atoms with van der Waals surface area (Å²) in [5.74, 6) is 0.848. The Balaban J connectivity index is 2.56. The third-order valence-corrected chi connectivity index (χ3v) is 2.56. The Bertz CT molecular complexity index is 206. The van der Waals surface area contributed by atoms with Crippen molar-refractivity contribution in [3.05, 3.63) is 11.9 Å². The van der Waals surface area contributed by atoms with Crippen molar-refractivity contribution in [1.82, 2.24) is 4.90 Å². The molecule has 0 amide bonds. The first-order valence-corrected chi connectivity index (χ1v) is 5.19. The Labute approximate surface area is 81.3 Å². The van der Waals surface area contributed by atoms with Crippen LogP contribution < -0.4 is 0 Å². The summed E-state index contributed by atoms with van der Waals surface area (Å²) in [4.78, 5) is 6.64. The number of hydrogen-bond acceptors (Lipinski definition) is 2. The number of aliphatic imine (C=N–C) groups is 1. The Kier molecular flexibility index (Phi) is 4.00. The molecule has 0 spiro atoms. The average Bonchev–Trinajstić information content (AvgIpc) is 2.54. The van der Waals surface area contributed by atoms with Crippen molar-refractivity contribution in [3.8, 4) is 0 Å². The van der Waals surface area contributed by atoms with Gasteiger partial charge in [0.15, 0.2) is 0 Å². The van der Waals surface area contributed by atoms with Crippen LogP contribution in [0.2, 0.25) is 0 Å². The van der Waals surface area contributed by atoms with E-state index in [1.54, 1.807) is 0 Å². The highest BCUT2D eigenvalue weighted by Gasteiger charge is 2.19. The van der Waals surface area contributed by atoms with Crippen LogP contribution in [0.5, 0.6) is 0 Å². The normalized spacial score (nSPS) is 24.7. The van der Waals surface area contributed by atoms with Gasteiger partial charge in [-0.1, -0.05) is 13.8 Å². The van der Waals surface area contributed by atoms with Crippen molar-refractivity contribution in [2.45, 2.75) is 33.6 Å². The van der Waals surface area contributed by atoms with Crippen LogP contribution in [0.25, 0.3) is 0 Å². The Hall–Kier alpha value is -0.790. The summed E-state index contributed by atoms with van der Waals surface area (Å²) < 4.78 is 0. The molecule has 74 valence electrons. The second-order valence-electron chi connectivity index (χ2n) is 3.72. The van der Waals surface area contributed by atoms with Gasteiger partial charge in [-0.05, 0) is 25.7 Å². The standard InChI is InChI=1S/C11H20N2/c1-4-11(8-12-5-2)13-7-6-10(3)9-13/h5,8,10H,4,6-7,9H2,1-3H3/b11-8+,12-5?. The summed E-state index contributed by atoms with van der Waals surface area (Å²) in [6, 6.07) is 0. The molecule has 0 aromatic heterocycles. The van der Waals surface area contributed by atoms with Gasteiger partial charge in [-0.2, -0.15) is 0 Å². The lowest BCUT2D eigenvalue weighted by atomic mass is 10.2. The molecule has 1 aliphatic rings. The zero-order valence-electron chi connectivity index (χ0n) is 8.95. The van der Waals surface area contributed by atoms with E-state index in [2.05, 4.69) is 23.7 Å². The van der Waals surface area contributed by atoms with Crippen LogP contribution in [-0.2, 0) is 0 Å². The van der Waals surface area contributed by atoms with Gasteiger partial charge in [0.25, 0.3) is 0 Å². The van der Waals surface area contributed by atoms with Gasteiger partial charge in [-0.15, -0.1) is 0 Å². The smallest absolute Gasteiger partial charge is 0.0455 e. The first kappa shape index (κ1) is 10.3. The molecule has 0 saturated carbocycles. The SMILES string of the molecule is CC=N/C=C(\CC)N1CCC(C)C1. The molecule has 0 radical (unpaired) electrons. The van der Waals surface area contributed by atoms with Crippen LogP contribution >= 0.6 is 0 Å². The van der Waals surface area contributed by atoms with Gasteiger partial charge in [0.1, 0.15) is 0 Å². The zero-order chi connectivity index (χ0) is 9.68. The second-order valence-corrected chi connectivity index (χ2v) is 3.72. The maximum absolute atomic E-state index is 4.18. The number of hydrogen-bond donors (Lipinski definition) is 0. The molecule has 13 heavy (non-hydrogen) atoms. The maximum Gasteiger partial charge on any atom is 0.0455 e. The van der Waals surface area contributed by atoms with Gasteiger partial charge >= 0.3 is 0 Å². The van der Waals surface area contributed by atoms with E-state index in [0.717, 1.165) is 12.3 Å². The van der Waals surface area contributed by atoms with Gasteiger partial charge in [0, 0.05) is 31.2 Å². The van der Waals surface area contributed by atoms with E-state index < -0.39 is 0 Å². The number of allylic oxidation sites excluding steroid dienone is 1. The third-order valence-electron chi connectivity index (χ3n) is 2.56. The molecule has 2 heteroatoms. The Morgan fingerprint density at radius 1 is 1.62 bits per heavy atom. The summed E-state index contributed by atoms with van der Waals surface area (Å²) in [6.07, 6.45) is 6.25. The van der Waals surface area contributed by atoms with Crippen molar-refractivity contribution in [2.24, 2.45) is 10.9 Å². The van der Waals surface area contributed by atoms with Crippen molar-refractivity contribution in [3.63, 3.8) is 0 Å². The van der Waals surface area contributed by atoms with Crippen LogP contribution in [0.15, 0.2) is 16.9 Å². The summed E-state index contributed by atoms with van der Waals surface area (Å²) in [5.41, 5.74) is 1.38. The summed E-state index contributed by atoms with van der Waals surface area (Å²) >= 11 is 0. The third kappa shape index (κ3) is 2.87. The average molecular weight is 180 g/mol. The molecule has 1 fully saturated rings. The lowest BCUT2D eigenvalue weighted by Crippen LogP contribution is -2.19. The summed E-state index contributed by atoms with van der Waals surface area (Å²) in [5, 5.41) is 0. The van der Waals surface area contributed by atoms with E-state index in [9.17, 15) is 0 Å². The quantitative estimate of drug-likeness (QED) is 0.610. The van der Waals surface area contributed by atoms with Crippen LogP contribution in [0.4, 0.5) is 0 Å². The van der Waals surface area contributed by atoms with Crippen molar-refractivity contribution >= 4 is 6.21 Å². The predicted molar refractivity (Wildman–Crippen MR) is 57.9 cm³/mol. The second kappa shape index (κ2) is 5.05.